The number of fused-ring (bicyclic) bond motifs is 5. The van der Waals surface area contributed by atoms with E-state index in [-0.39, 0.29) is 49.5 Å². The van der Waals surface area contributed by atoms with Gasteiger partial charge in [-0.2, -0.15) is 0 Å². The fourth-order valence-electron chi connectivity index (χ4n) is 5.94. The van der Waals surface area contributed by atoms with Crippen molar-refractivity contribution in [3.8, 4) is 18.1 Å². The van der Waals surface area contributed by atoms with Gasteiger partial charge < -0.3 is 9.84 Å². The van der Waals surface area contributed by atoms with Crippen LogP contribution in [0.3, 0.4) is 0 Å². The van der Waals surface area contributed by atoms with Crippen molar-refractivity contribution in [3.05, 3.63) is 29.3 Å². The molecule has 3 aliphatic carbocycles. The second kappa shape index (κ2) is 6.61. The Bertz CT molecular complexity index is 679. The maximum Gasteiger partial charge on any atom is 0.130 e. The van der Waals surface area contributed by atoms with Crippen LogP contribution in [-0.4, -0.2) is 17.8 Å². The van der Waals surface area contributed by atoms with Crippen molar-refractivity contribution in [1.29, 1.82) is 0 Å². The van der Waals surface area contributed by atoms with E-state index in [0.717, 1.165) is 37.9 Å². The first-order chi connectivity index (χ1) is 11.0. The van der Waals surface area contributed by atoms with Crippen LogP contribution in [-0.2, 0) is 6.42 Å². The van der Waals surface area contributed by atoms with Crippen LogP contribution in [0.4, 0.5) is 0 Å². The third kappa shape index (κ3) is 2.52. The van der Waals surface area contributed by atoms with Gasteiger partial charge in [-0.1, -0.05) is 18.9 Å². The van der Waals surface area contributed by atoms with Crippen molar-refractivity contribution in [2.75, 3.05) is 7.11 Å². The number of methoxy groups -OCH3 is 1. The van der Waals surface area contributed by atoms with Gasteiger partial charge in [0.1, 0.15) is 11.4 Å². The fraction of sp³-hybridized carbons (Fsp3) is 0.619. The first-order valence-corrected chi connectivity index (χ1v) is 8.89. The summed E-state index contributed by atoms with van der Waals surface area (Å²) in [4.78, 5) is 0. The SMILES string of the molecule is C#C[C@]1(O)CCC2C3CCc4cc(OC)ccc4C3CC[C@@]21C.[Ac]. The molecule has 0 saturated heterocycles. The summed E-state index contributed by atoms with van der Waals surface area (Å²) >= 11 is 0. The number of hydrogen-bond acceptors (Lipinski definition) is 2. The number of benzene rings is 1. The van der Waals surface area contributed by atoms with E-state index in [1.807, 2.05) is 0 Å². The standard InChI is InChI=1S/C21H26O2.Ac/c1-4-21(22)12-10-19-18-7-5-14-13-15(23-3)6-8-16(14)17(18)9-11-20(19,21)2;/h1,6,8,13,17-19,22H,5,7,9-12H2,2-3H3;/t17?,18?,19?,20-,21-;/m0./s1. The van der Waals surface area contributed by atoms with E-state index >= 15 is 0 Å². The van der Waals surface area contributed by atoms with E-state index < -0.39 is 5.60 Å². The normalized spacial score (nSPS) is 39.7. The van der Waals surface area contributed by atoms with Gasteiger partial charge in [0.2, 0.25) is 0 Å². The molecule has 0 bridgehead atoms. The van der Waals surface area contributed by atoms with Crippen molar-refractivity contribution in [1.82, 2.24) is 0 Å². The Morgan fingerprint density at radius 3 is 2.75 bits per heavy atom. The summed E-state index contributed by atoms with van der Waals surface area (Å²) in [6.07, 6.45) is 12.1. The minimum atomic E-state index is -0.900. The Labute approximate surface area is 181 Å². The molecule has 0 aliphatic heterocycles. The molecule has 3 heteroatoms. The number of aryl methyl sites for hydroxylation is 1. The maximum atomic E-state index is 11.0. The molecule has 3 aliphatic rings. The molecule has 0 heterocycles. The minimum Gasteiger partial charge on any atom is -0.497 e. The average molecular weight is 537 g/mol. The molecule has 1 N–H and O–H groups in total. The summed E-state index contributed by atoms with van der Waals surface area (Å²) in [7, 11) is 1.73. The second-order valence-corrected chi connectivity index (χ2v) is 7.98. The van der Waals surface area contributed by atoms with Crippen molar-refractivity contribution in [2.45, 2.75) is 57.0 Å². The van der Waals surface area contributed by atoms with E-state index in [4.69, 9.17) is 11.2 Å². The van der Waals surface area contributed by atoms with Gasteiger partial charge in [-0.05, 0) is 79.5 Å². The van der Waals surface area contributed by atoms with Crippen LogP contribution >= 0.6 is 0 Å². The van der Waals surface area contributed by atoms with Crippen LogP contribution in [0.2, 0.25) is 0 Å². The monoisotopic (exact) mass is 537 g/mol. The average Bonchev–Trinajstić information content (AvgIpc) is 2.86. The van der Waals surface area contributed by atoms with Crippen LogP contribution in [0.1, 0.15) is 56.1 Å². The van der Waals surface area contributed by atoms with Gasteiger partial charge in [-0.3, -0.25) is 0 Å². The molecular weight excluding hydrogens is 511 g/mol. The predicted molar refractivity (Wildman–Crippen MR) is 91.4 cm³/mol. The number of ether oxygens (including phenoxy) is 1. The smallest absolute Gasteiger partial charge is 0.130 e. The Kier molecular flexibility index (Phi) is 5.17. The van der Waals surface area contributed by atoms with Crippen LogP contribution in [0.25, 0.3) is 0 Å². The molecular formula is C21H26AcO2. The van der Waals surface area contributed by atoms with E-state index in [1.165, 1.54) is 17.5 Å². The Morgan fingerprint density at radius 2 is 2.04 bits per heavy atom. The largest absolute Gasteiger partial charge is 0.497 e. The number of aliphatic hydroxyl groups is 1. The summed E-state index contributed by atoms with van der Waals surface area (Å²) in [5, 5.41) is 11.0. The zero-order valence-electron chi connectivity index (χ0n) is 14.7. The summed E-state index contributed by atoms with van der Waals surface area (Å²) in [5.74, 6) is 5.56. The van der Waals surface area contributed by atoms with Gasteiger partial charge in [0, 0.05) is 49.5 Å². The minimum absolute atomic E-state index is 0. The molecule has 2 fully saturated rings. The molecule has 1 radical (unpaired) electrons. The van der Waals surface area contributed by atoms with Crippen molar-refractivity contribution in [2.24, 2.45) is 17.3 Å². The zero-order valence-corrected chi connectivity index (χ0v) is 19.5. The van der Waals surface area contributed by atoms with Crippen LogP contribution in [0.5, 0.6) is 5.75 Å². The second-order valence-electron chi connectivity index (χ2n) is 7.98. The van der Waals surface area contributed by atoms with Crippen molar-refractivity contribution in [3.63, 3.8) is 0 Å². The van der Waals surface area contributed by atoms with Crippen molar-refractivity contribution >= 4 is 0 Å². The Hall–Kier alpha value is -0.0184. The quantitative estimate of drug-likeness (QED) is 0.551. The summed E-state index contributed by atoms with van der Waals surface area (Å²) in [5.41, 5.74) is 1.97. The van der Waals surface area contributed by atoms with Gasteiger partial charge in [0.05, 0.1) is 7.11 Å². The van der Waals surface area contributed by atoms with Crippen LogP contribution in [0, 0.1) is 73.7 Å². The molecule has 1 aromatic carbocycles. The number of terminal acetylenes is 1. The van der Waals surface area contributed by atoms with Crippen molar-refractivity contribution < 1.29 is 53.9 Å². The molecule has 3 unspecified atom stereocenters. The number of rotatable bonds is 1. The van der Waals surface area contributed by atoms with E-state index in [0.29, 0.717) is 17.8 Å². The van der Waals surface area contributed by atoms with Gasteiger partial charge in [-0.25, -0.2) is 0 Å². The molecule has 4 rings (SSSR count). The third-order valence-corrected chi connectivity index (χ3v) is 7.32. The molecule has 2 saturated carbocycles. The summed E-state index contributed by atoms with van der Waals surface area (Å²) < 4.78 is 5.39. The topological polar surface area (TPSA) is 29.5 Å². The van der Waals surface area contributed by atoms with Crippen LogP contribution < -0.4 is 4.74 Å². The van der Waals surface area contributed by atoms with Gasteiger partial charge in [-0.15, -0.1) is 6.42 Å². The maximum absolute atomic E-state index is 11.0. The molecule has 125 valence electrons. The number of hydrogen-bond donors (Lipinski definition) is 1. The molecule has 0 aromatic heterocycles. The third-order valence-electron chi connectivity index (χ3n) is 7.32. The predicted octanol–water partition coefficient (Wildman–Crippen LogP) is 3.92. The zero-order chi connectivity index (χ0) is 16.2. The van der Waals surface area contributed by atoms with Crippen LogP contribution in [0.15, 0.2) is 18.2 Å². The van der Waals surface area contributed by atoms with E-state index in [9.17, 15) is 5.11 Å². The first kappa shape index (κ1) is 18.8. The molecule has 5 atom stereocenters. The molecule has 0 spiro atoms. The summed E-state index contributed by atoms with van der Waals surface area (Å²) in [6, 6.07) is 6.59. The Morgan fingerprint density at radius 1 is 1.25 bits per heavy atom. The van der Waals surface area contributed by atoms with E-state index in [1.54, 1.807) is 7.11 Å². The van der Waals surface area contributed by atoms with Gasteiger partial charge in [0.15, 0.2) is 0 Å². The molecule has 24 heavy (non-hydrogen) atoms. The van der Waals surface area contributed by atoms with Gasteiger partial charge >= 0.3 is 0 Å². The molecule has 2 nitrogen and oxygen atoms in total. The Balaban J connectivity index is 0.00000169. The molecule has 1 aromatic rings. The first-order valence-electron chi connectivity index (χ1n) is 8.89. The van der Waals surface area contributed by atoms with Gasteiger partial charge in [0.25, 0.3) is 0 Å². The molecule has 0 amide bonds. The fourth-order valence-corrected chi connectivity index (χ4v) is 5.94. The van der Waals surface area contributed by atoms with E-state index in [2.05, 4.69) is 31.0 Å². The summed E-state index contributed by atoms with van der Waals surface area (Å²) in [6.45, 7) is 2.24.